The summed E-state index contributed by atoms with van der Waals surface area (Å²) in [6.07, 6.45) is 8.07. The van der Waals surface area contributed by atoms with Crippen molar-refractivity contribution in [2.75, 3.05) is 33.3 Å². The lowest BCUT2D eigenvalue weighted by Crippen LogP contribution is -2.47. The second-order valence-electron chi connectivity index (χ2n) is 11.6. The molecule has 41 heavy (non-hydrogen) atoms. The summed E-state index contributed by atoms with van der Waals surface area (Å²) in [5, 5.41) is 19.2. The van der Waals surface area contributed by atoms with E-state index in [0.717, 1.165) is 38.5 Å². The molecule has 0 radical (unpaired) electrons. The third kappa shape index (κ3) is 7.95. The minimum absolute atomic E-state index is 0.00882. The standard InChI is InChI=1S/C30H43ClN6O4/c1-30(2,18-38)36-28(39)20-10-13-34-27(33-3)23(16-20)26(32)35-21-8-9-25(24(31)17-21)41-22-11-14-37(15-12-22)29(40)19-6-4-5-7-19/h8-9,16-17,19,22,33-34,38H,4-7,10-15,18H2,1-3H3,(H2,32,35)(H,36,39). The van der Waals surface area contributed by atoms with Crippen LogP contribution in [0.4, 0.5) is 5.69 Å². The number of halogens is 1. The zero-order chi connectivity index (χ0) is 29.6. The summed E-state index contributed by atoms with van der Waals surface area (Å²) >= 11 is 6.58. The van der Waals surface area contributed by atoms with Crippen LogP contribution in [-0.2, 0) is 9.59 Å². The number of aliphatic imine (C=N–C) groups is 1. The molecule has 2 amide bonds. The van der Waals surface area contributed by atoms with Gasteiger partial charge in [0.05, 0.1) is 28.4 Å². The number of aliphatic hydroxyl groups excluding tert-OH is 1. The quantitative estimate of drug-likeness (QED) is 0.221. The Kier molecular flexibility index (Phi) is 10.2. The number of carbonyl (C=O) groups excluding carboxylic acids is 2. The lowest BCUT2D eigenvalue weighted by Gasteiger charge is -2.33. The maximum atomic E-state index is 12.9. The molecule has 11 heteroatoms. The number of hydrogen-bond donors (Lipinski definition) is 5. The Morgan fingerprint density at radius 1 is 1.22 bits per heavy atom. The molecule has 0 unspecified atom stereocenters. The summed E-state index contributed by atoms with van der Waals surface area (Å²) < 4.78 is 6.21. The van der Waals surface area contributed by atoms with Crippen molar-refractivity contribution in [3.63, 3.8) is 0 Å². The molecule has 1 aromatic rings. The Labute approximate surface area is 247 Å². The zero-order valence-corrected chi connectivity index (χ0v) is 25.0. The van der Waals surface area contributed by atoms with Crippen molar-refractivity contribution in [1.82, 2.24) is 20.9 Å². The first kappa shape index (κ1) is 30.7. The molecule has 0 spiro atoms. The average molecular weight is 587 g/mol. The van der Waals surface area contributed by atoms with Crippen molar-refractivity contribution in [2.24, 2.45) is 16.6 Å². The van der Waals surface area contributed by atoms with Crippen molar-refractivity contribution >= 4 is 34.9 Å². The molecular formula is C30H43ClN6O4. The molecule has 10 nitrogen and oxygen atoms in total. The van der Waals surface area contributed by atoms with E-state index in [2.05, 4.69) is 20.9 Å². The van der Waals surface area contributed by atoms with Crippen molar-refractivity contribution in [3.8, 4) is 5.75 Å². The Morgan fingerprint density at radius 3 is 2.56 bits per heavy atom. The Balaban J connectivity index is 1.43. The van der Waals surface area contributed by atoms with Gasteiger partial charge in [0.1, 0.15) is 23.5 Å². The van der Waals surface area contributed by atoms with Gasteiger partial charge in [0, 0.05) is 51.0 Å². The van der Waals surface area contributed by atoms with E-state index < -0.39 is 5.54 Å². The smallest absolute Gasteiger partial charge is 0.247 e. The molecule has 0 atom stereocenters. The predicted octanol–water partition coefficient (Wildman–Crippen LogP) is 3.13. The van der Waals surface area contributed by atoms with Crippen LogP contribution in [-0.4, -0.2) is 72.6 Å². The monoisotopic (exact) mass is 586 g/mol. The highest BCUT2D eigenvalue weighted by Crippen LogP contribution is 2.32. The van der Waals surface area contributed by atoms with E-state index in [1.165, 1.54) is 0 Å². The maximum Gasteiger partial charge on any atom is 0.247 e. The maximum absolute atomic E-state index is 12.9. The van der Waals surface area contributed by atoms with Crippen LogP contribution in [0, 0.1) is 5.92 Å². The van der Waals surface area contributed by atoms with Gasteiger partial charge in [0.25, 0.3) is 0 Å². The van der Waals surface area contributed by atoms with Gasteiger partial charge in [-0.2, -0.15) is 0 Å². The van der Waals surface area contributed by atoms with Gasteiger partial charge >= 0.3 is 0 Å². The van der Waals surface area contributed by atoms with Crippen molar-refractivity contribution in [1.29, 1.82) is 0 Å². The second kappa shape index (κ2) is 13.6. The Hall–Kier alpha value is -3.24. The zero-order valence-electron chi connectivity index (χ0n) is 24.3. The van der Waals surface area contributed by atoms with Crippen LogP contribution < -0.4 is 26.4 Å². The number of carbonyl (C=O) groups is 2. The molecule has 0 bridgehead atoms. The summed E-state index contributed by atoms with van der Waals surface area (Å²) in [7, 11) is 1.77. The molecule has 1 aliphatic carbocycles. The molecule has 2 heterocycles. The number of nitrogens with two attached hydrogens (primary N) is 1. The lowest BCUT2D eigenvalue weighted by molar-refractivity contribution is -0.137. The third-order valence-corrected chi connectivity index (χ3v) is 8.16. The van der Waals surface area contributed by atoms with Crippen molar-refractivity contribution in [2.45, 2.75) is 70.4 Å². The molecular weight excluding hydrogens is 544 g/mol. The van der Waals surface area contributed by atoms with E-state index >= 15 is 0 Å². The molecule has 2 fully saturated rings. The molecule has 224 valence electrons. The van der Waals surface area contributed by atoms with Crippen LogP contribution in [0.2, 0.25) is 5.02 Å². The van der Waals surface area contributed by atoms with Crippen LogP contribution in [0.15, 0.2) is 46.2 Å². The largest absolute Gasteiger partial charge is 0.489 e. The predicted molar refractivity (Wildman–Crippen MR) is 161 cm³/mol. The summed E-state index contributed by atoms with van der Waals surface area (Å²) in [5.74, 6) is 1.66. The van der Waals surface area contributed by atoms with Crippen LogP contribution in [0.1, 0.15) is 58.8 Å². The van der Waals surface area contributed by atoms with Gasteiger partial charge < -0.3 is 36.4 Å². The van der Waals surface area contributed by atoms with Gasteiger partial charge in [-0.25, -0.2) is 4.99 Å². The van der Waals surface area contributed by atoms with Crippen molar-refractivity contribution < 1.29 is 19.4 Å². The highest BCUT2D eigenvalue weighted by atomic mass is 35.5. The van der Waals surface area contributed by atoms with Crippen LogP contribution in [0.25, 0.3) is 0 Å². The number of aliphatic hydroxyl groups is 1. The van der Waals surface area contributed by atoms with Crippen molar-refractivity contribution in [3.05, 3.63) is 46.3 Å². The molecule has 3 aliphatic rings. The minimum atomic E-state index is -0.753. The third-order valence-electron chi connectivity index (χ3n) is 7.87. The fourth-order valence-corrected chi connectivity index (χ4v) is 5.65. The van der Waals surface area contributed by atoms with Gasteiger partial charge in [-0.1, -0.05) is 24.4 Å². The average Bonchev–Trinajstić information content (AvgIpc) is 3.40. The first-order valence-electron chi connectivity index (χ1n) is 14.5. The molecule has 1 aromatic carbocycles. The summed E-state index contributed by atoms with van der Waals surface area (Å²) in [5.41, 5.74) is 7.31. The van der Waals surface area contributed by atoms with Crippen LogP contribution in [0.5, 0.6) is 5.75 Å². The fraction of sp³-hybridized carbons (Fsp3) is 0.567. The lowest BCUT2D eigenvalue weighted by atomic mass is 10.0. The normalized spacial score (nSPS) is 19.4. The first-order chi connectivity index (χ1) is 19.6. The van der Waals surface area contributed by atoms with E-state index in [9.17, 15) is 14.7 Å². The Bertz CT molecular complexity index is 1210. The van der Waals surface area contributed by atoms with E-state index in [1.807, 2.05) is 4.90 Å². The van der Waals surface area contributed by atoms with E-state index in [4.69, 9.17) is 22.1 Å². The van der Waals surface area contributed by atoms with Gasteiger partial charge in [0.15, 0.2) is 0 Å². The van der Waals surface area contributed by atoms with Gasteiger partial charge in [-0.05, 0) is 57.4 Å². The topological polar surface area (TPSA) is 141 Å². The fourth-order valence-electron chi connectivity index (χ4n) is 5.43. The molecule has 6 N–H and O–H groups in total. The minimum Gasteiger partial charge on any atom is -0.489 e. The molecule has 2 aliphatic heterocycles. The number of ether oxygens (including phenoxy) is 1. The number of benzene rings is 1. The number of nitrogens with zero attached hydrogens (tertiary/aromatic N) is 2. The van der Waals surface area contributed by atoms with Crippen LogP contribution >= 0.6 is 11.6 Å². The number of likely N-dealkylation sites (tertiary alicyclic amines) is 1. The SMILES string of the molecule is CNC1=C(C(N)=Nc2ccc(OC3CCN(C(=O)C4CCCC4)CC3)c(Cl)c2)C=C(C(=O)NC(C)(C)CO)CCN1. The van der Waals surface area contributed by atoms with E-state index in [-0.39, 0.29) is 30.4 Å². The highest BCUT2D eigenvalue weighted by Gasteiger charge is 2.31. The highest BCUT2D eigenvalue weighted by molar-refractivity contribution is 6.32. The van der Waals surface area contributed by atoms with Gasteiger partial charge in [0.2, 0.25) is 11.8 Å². The molecule has 1 saturated carbocycles. The number of nitrogens with one attached hydrogen (secondary N) is 3. The summed E-state index contributed by atoms with van der Waals surface area (Å²) in [6, 6.07) is 5.28. The first-order valence-corrected chi connectivity index (χ1v) is 14.9. The van der Waals surface area contributed by atoms with Crippen LogP contribution in [0.3, 0.4) is 0 Å². The molecule has 4 rings (SSSR count). The second-order valence-corrected chi connectivity index (χ2v) is 12.0. The van der Waals surface area contributed by atoms with Gasteiger partial charge in [-0.3, -0.25) is 9.59 Å². The van der Waals surface area contributed by atoms with E-state index in [1.54, 1.807) is 45.2 Å². The summed E-state index contributed by atoms with van der Waals surface area (Å²) in [6.45, 7) is 5.26. The number of amides is 2. The number of hydrogen-bond acceptors (Lipinski definition) is 7. The summed E-state index contributed by atoms with van der Waals surface area (Å²) in [4.78, 5) is 32.2. The number of amidine groups is 1. The van der Waals surface area contributed by atoms with Gasteiger partial charge in [-0.15, -0.1) is 0 Å². The molecule has 0 aromatic heterocycles. The number of rotatable bonds is 9. The van der Waals surface area contributed by atoms with E-state index in [0.29, 0.717) is 65.4 Å². The Morgan fingerprint density at radius 2 is 1.93 bits per heavy atom. The number of piperidine rings is 1. The molecule has 1 saturated heterocycles.